The topological polar surface area (TPSA) is 87.7 Å². The van der Waals surface area contributed by atoms with E-state index in [0.717, 1.165) is 30.4 Å². The highest BCUT2D eigenvalue weighted by Gasteiger charge is 2.42. The number of fused-ring (bicyclic) bond motifs is 1. The van der Waals surface area contributed by atoms with E-state index >= 15 is 0 Å². The van der Waals surface area contributed by atoms with Crippen LogP contribution >= 0.6 is 0 Å². The predicted molar refractivity (Wildman–Crippen MR) is 136 cm³/mol. The molecular formula is C28H35N3O4. The molecule has 0 aliphatic carbocycles. The molecule has 7 heteroatoms. The molecule has 0 radical (unpaired) electrons. The van der Waals surface area contributed by atoms with Crippen molar-refractivity contribution in [2.75, 3.05) is 19.8 Å². The average Bonchev–Trinajstić information content (AvgIpc) is 3.37. The predicted octanol–water partition coefficient (Wildman–Crippen LogP) is 5.95. The lowest BCUT2D eigenvalue weighted by atomic mass is 9.95. The zero-order valence-electron chi connectivity index (χ0n) is 21.0. The summed E-state index contributed by atoms with van der Waals surface area (Å²) in [6.07, 6.45) is 2.82. The maximum Gasteiger partial charge on any atom is 0.273 e. The highest BCUT2D eigenvalue weighted by Crippen LogP contribution is 2.46. The molecule has 0 spiro atoms. The molecule has 186 valence electrons. The second-order valence-electron chi connectivity index (χ2n) is 9.30. The first-order chi connectivity index (χ1) is 17.0. The largest absolute Gasteiger partial charge is 0.507 e. The Kier molecular flexibility index (Phi) is 7.63. The molecule has 0 saturated heterocycles. The molecule has 1 aromatic heterocycles. The van der Waals surface area contributed by atoms with Crippen molar-refractivity contribution in [3.8, 4) is 28.5 Å². The van der Waals surface area contributed by atoms with Crippen LogP contribution in [0.2, 0.25) is 0 Å². The molecule has 35 heavy (non-hydrogen) atoms. The lowest BCUT2D eigenvalue weighted by molar-refractivity contribution is 0.0741. The van der Waals surface area contributed by atoms with Crippen LogP contribution in [0.5, 0.6) is 17.2 Å². The first-order valence-corrected chi connectivity index (χ1v) is 12.5. The van der Waals surface area contributed by atoms with Crippen molar-refractivity contribution < 1.29 is 19.4 Å². The van der Waals surface area contributed by atoms with Crippen molar-refractivity contribution in [1.82, 2.24) is 15.1 Å². The Balaban J connectivity index is 1.78. The van der Waals surface area contributed by atoms with Gasteiger partial charge in [-0.15, -0.1) is 0 Å². The minimum atomic E-state index is -0.346. The molecule has 2 heterocycles. The molecule has 2 N–H and O–H groups in total. The van der Waals surface area contributed by atoms with Crippen molar-refractivity contribution in [3.63, 3.8) is 0 Å². The molecule has 0 fully saturated rings. The Hall–Kier alpha value is -3.48. The molecule has 2 aromatic carbocycles. The Bertz CT molecular complexity index is 1170. The number of ether oxygens (including phenoxy) is 2. The molecule has 1 aliphatic rings. The van der Waals surface area contributed by atoms with Gasteiger partial charge >= 0.3 is 0 Å². The van der Waals surface area contributed by atoms with Crippen molar-refractivity contribution in [1.29, 1.82) is 0 Å². The number of nitrogens with zero attached hydrogens (tertiary/aromatic N) is 2. The number of benzene rings is 2. The van der Waals surface area contributed by atoms with Crippen LogP contribution in [-0.4, -0.2) is 45.9 Å². The number of phenolic OH excluding ortho intramolecular Hbond substituents is 1. The normalized spacial score (nSPS) is 15.1. The van der Waals surface area contributed by atoms with Crippen molar-refractivity contribution in [2.24, 2.45) is 5.92 Å². The molecule has 1 amide bonds. The lowest BCUT2D eigenvalue weighted by Gasteiger charge is -2.27. The van der Waals surface area contributed by atoms with Crippen molar-refractivity contribution in [3.05, 3.63) is 59.3 Å². The number of hydrogen-bond acceptors (Lipinski definition) is 5. The van der Waals surface area contributed by atoms with E-state index in [-0.39, 0.29) is 17.7 Å². The molecule has 0 bridgehead atoms. The van der Waals surface area contributed by atoms with Gasteiger partial charge in [-0.05, 0) is 55.5 Å². The van der Waals surface area contributed by atoms with Gasteiger partial charge in [0.15, 0.2) is 11.5 Å². The number of unbranched alkanes of at least 4 members (excludes halogenated alkanes) is 1. The van der Waals surface area contributed by atoms with E-state index in [2.05, 4.69) is 31.0 Å². The molecule has 0 saturated carbocycles. The summed E-state index contributed by atoms with van der Waals surface area (Å²) < 4.78 is 12.0. The van der Waals surface area contributed by atoms with Gasteiger partial charge < -0.3 is 19.5 Å². The SMILES string of the molecule is CCCCN1C(=O)c2[nH]nc(-c3ccccc3O)c2[C@H]1c1ccc(OCCC(C)C)c(OCC)c1. The fourth-order valence-electron chi connectivity index (χ4n) is 4.47. The molecule has 4 rings (SSSR count). The van der Waals surface area contributed by atoms with E-state index in [9.17, 15) is 9.90 Å². The van der Waals surface area contributed by atoms with Crippen molar-refractivity contribution >= 4 is 5.91 Å². The van der Waals surface area contributed by atoms with E-state index in [4.69, 9.17) is 9.47 Å². The van der Waals surface area contributed by atoms with Gasteiger partial charge in [0.1, 0.15) is 17.1 Å². The number of hydrogen-bond donors (Lipinski definition) is 2. The van der Waals surface area contributed by atoms with Gasteiger partial charge in [-0.1, -0.05) is 45.4 Å². The van der Waals surface area contributed by atoms with Crippen LogP contribution < -0.4 is 9.47 Å². The molecule has 1 aliphatic heterocycles. The van der Waals surface area contributed by atoms with E-state index in [0.29, 0.717) is 54.1 Å². The summed E-state index contributed by atoms with van der Waals surface area (Å²) in [4.78, 5) is 15.3. The minimum absolute atomic E-state index is 0.0807. The lowest BCUT2D eigenvalue weighted by Crippen LogP contribution is -2.30. The number of para-hydroxylation sites is 1. The van der Waals surface area contributed by atoms with Crippen LogP contribution in [0.15, 0.2) is 42.5 Å². The highest BCUT2D eigenvalue weighted by molar-refractivity contribution is 6.00. The summed E-state index contributed by atoms with van der Waals surface area (Å²) in [5, 5.41) is 17.9. The van der Waals surface area contributed by atoms with Crippen LogP contribution in [0.4, 0.5) is 0 Å². The van der Waals surface area contributed by atoms with Gasteiger partial charge in [-0.3, -0.25) is 9.89 Å². The smallest absolute Gasteiger partial charge is 0.273 e. The first kappa shape index (κ1) is 24.6. The summed E-state index contributed by atoms with van der Waals surface area (Å²) in [6, 6.07) is 12.6. The molecule has 0 unspecified atom stereocenters. The number of phenols is 1. The summed E-state index contributed by atoms with van der Waals surface area (Å²) in [6.45, 7) is 10.1. The average molecular weight is 478 g/mol. The van der Waals surface area contributed by atoms with Crippen LogP contribution in [0.1, 0.15) is 74.6 Å². The van der Waals surface area contributed by atoms with E-state index < -0.39 is 0 Å². The summed E-state index contributed by atoms with van der Waals surface area (Å²) >= 11 is 0. The number of H-pyrrole nitrogens is 1. The highest BCUT2D eigenvalue weighted by atomic mass is 16.5. The summed E-state index contributed by atoms with van der Waals surface area (Å²) in [7, 11) is 0. The number of aromatic hydroxyl groups is 1. The van der Waals surface area contributed by atoms with Gasteiger partial charge in [0, 0.05) is 17.7 Å². The Morgan fingerprint density at radius 3 is 2.63 bits per heavy atom. The number of rotatable bonds is 11. The summed E-state index contributed by atoms with van der Waals surface area (Å²) in [5.41, 5.74) is 3.36. The minimum Gasteiger partial charge on any atom is -0.507 e. The van der Waals surface area contributed by atoms with Gasteiger partial charge in [0.25, 0.3) is 5.91 Å². The van der Waals surface area contributed by atoms with Gasteiger partial charge in [0.2, 0.25) is 0 Å². The molecule has 3 aromatic rings. The fraction of sp³-hybridized carbons (Fsp3) is 0.429. The number of amides is 1. The number of aromatic nitrogens is 2. The van der Waals surface area contributed by atoms with Gasteiger partial charge in [0.05, 0.1) is 19.3 Å². The van der Waals surface area contributed by atoms with Gasteiger partial charge in [-0.2, -0.15) is 5.10 Å². The Morgan fingerprint density at radius 1 is 1.11 bits per heavy atom. The Labute approximate surface area is 207 Å². The second-order valence-corrected chi connectivity index (χ2v) is 9.30. The number of nitrogens with one attached hydrogen (secondary N) is 1. The zero-order chi connectivity index (χ0) is 24.9. The molecule has 7 nitrogen and oxygen atoms in total. The third-order valence-electron chi connectivity index (χ3n) is 6.31. The summed E-state index contributed by atoms with van der Waals surface area (Å²) in [5.74, 6) is 1.97. The van der Waals surface area contributed by atoms with Crippen LogP contribution in [0.3, 0.4) is 0 Å². The Morgan fingerprint density at radius 2 is 1.91 bits per heavy atom. The van der Waals surface area contributed by atoms with Gasteiger partial charge in [-0.25, -0.2) is 0 Å². The van der Waals surface area contributed by atoms with E-state index in [1.165, 1.54) is 0 Å². The fourth-order valence-corrected chi connectivity index (χ4v) is 4.47. The quantitative estimate of drug-likeness (QED) is 0.356. The number of carbonyl (C=O) groups excluding carboxylic acids is 1. The number of aromatic amines is 1. The van der Waals surface area contributed by atoms with Crippen LogP contribution in [-0.2, 0) is 0 Å². The third kappa shape index (κ3) is 4.99. The number of carbonyl (C=O) groups is 1. The van der Waals surface area contributed by atoms with Crippen LogP contribution in [0.25, 0.3) is 11.3 Å². The standard InChI is InChI=1S/C28H35N3O4/c1-5-7-15-31-27(19-12-13-22(23(17-19)34-6-2)35-16-14-18(3)4)24-25(29-30-26(24)28(31)33)20-10-8-9-11-21(20)32/h8-13,17-18,27,32H,5-7,14-16H2,1-4H3,(H,29,30)/t27-/m1/s1. The van der Waals surface area contributed by atoms with E-state index in [1.54, 1.807) is 12.1 Å². The first-order valence-electron chi connectivity index (χ1n) is 12.5. The molecule has 1 atom stereocenters. The second kappa shape index (κ2) is 10.8. The monoisotopic (exact) mass is 477 g/mol. The maximum atomic E-state index is 13.4. The van der Waals surface area contributed by atoms with Crippen LogP contribution in [0, 0.1) is 5.92 Å². The third-order valence-corrected chi connectivity index (χ3v) is 6.31. The maximum absolute atomic E-state index is 13.4. The van der Waals surface area contributed by atoms with E-state index in [1.807, 2.05) is 42.2 Å². The van der Waals surface area contributed by atoms with Crippen molar-refractivity contribution in [2.45, 2.75) is 53.0 Å². The molecular weight excluding hydrogens is 442 g/mol. The zero-order valence-corrected chi connectivity index (χ0v) is 21.0.